The fourth-order valence-corrected chi connectivity index (χ4v) is 4.35. The smallest absolute Gasteiger partial charge is 0.326 e. The number of aromatic nitrogens is 2. The molecule has 2 aromatic rings. The summed E-state index contributed by atoms with van der Waals surface area (Å²) in [5.74, 6) is 0.389. The maximum absolute atomic E-state index is 12.5. The lowest BCUT2D eigenvalue weighted by Gasteiger charge is -2.11. The van der Waals surface area contributed by atoms with Crippen molar-refractivity contribution >= 4 is 52.6 Å². The zero-order valence-corrected chi connectivity index (χ0v) is 21.4. The van der Waals surface area contributed by atoms with E-state index in [2.05, 4.69) is 37.8 Å². The van der Waals surface area contributed by atoms with Crippen molar-refractivity contribution in [1.29, 1.82) is 0 Å². The van der Waals surface area contributed by atoms with Crippen molar-refractivity contribution in [3.63, 3.8) is 0 Å². The third-order valence-electron chi connectivity index (χ3n) is 5.52. The van der Waals surface area contributed by atoms with Crippen LogP contribution >= 0.6 is 11.3 Å². The highest BCUT2D eigenvalue weighted by molar-refractivity contribution is 7.16. The van der Waals surface area contributed by atoms with Crippen LogP contribution in [0.1, 0.15) is 46.3 Å². The number of carbonyl (C=O) groups is 3. The number of thiophene rings is 1. The van der Waals surface area contributed by atoms with E-state index >= 15 is 0 Å². The Hall–Kier alpha value is -3.77. The first-order chi connectivity index (χ1) is 17.2. The van der Waals surface area contributed by atoms with E-state index in [9.17, 15) is 14.4 Å². The van der Waals surface area contributed by atoms with E-state index in [1.54, 1.807) is 16.9 Å². The molecule has 0 bridgehead atoms. The molecule has 1 saturated carbocycles. The van der Waals surface area contributed by atoms with Gasteiger partial charge in [0.25, 0.3) is 11.8 Å². The van der Waals surface area contributed by atoms with Crippen LogP contribution in [0.2, 0.25) is 0 Å². The van der Waals surface area contributed by atoms with Gasteiger partial charge < -0.3 is 20.9 Å². The van der Waals surface area contributed by atoms with Gasteiger partial charge in [0.15, 0.2) is 5.82 Å². The Kier molecular flexibility index (Phi) is 7.65. The van der Waals surface area contributed by atoms with Crippen LogP contribution in [0.25, 0.3) is 11.9 Å². The highest BCUT2D eigenvalue weighted by Crippen LogP contribution is 2.28. The van der Waals surface area contributed by atoms with Gasteiger partial charge in [0, 0.05) is 23.0 Å². The van der Waals surface area contributed by atoms with Crippen LogP contribution in [0.4, 0.5) is 10.6 Å². The van der Waals surface area contributed by atoms with Crippen molar-refractivity contribution in [3.05, 3.63) is 45.9 Å². The summed E-state index contributed by atoms with van der Waals surface area (Å²) in [7, 11) is 4.00. The number of hydrogen-bond acceptors (Lipinski definition) is 8. The van der Waals surface area contributed by atoms with Gasteiger partial charge in [0.05, 0.1) is 16.8 Å². The number of hydrogen-bond donors (Lipinski definition) is 4. The predicted octanol–water partition coefficient (Wildman–Crippen LogP) is 2.13. The lowest BCUT2D eigenvalue weighted by atomic mass is 10.2. The van der Waals surface area contributed by atoms with Gasteiger partial charge >= 0.3 is 6.03 Å². The Bertz CT molecular complexity index is 1250. The van der Waals surface area contributed by atoms with Gasteiger partial charge in [-0.05, 0) is 65.0 Å². The number of rotatable bonds is 11. The fourth-order valence-electron chi connectivity index (χ4n) is 3.48. The number of urea groups is 1. The monoisotopic (exact) mass is 510 g/mol. The molecule has 0 radical (unpaired) electrons. The minimum Gasteiger partial charge on any atom is -0.368 e. The zero-order valence-electron chi connectivity index (χ0n) is 20.6. The summed E-state index contributed by atoms with van der Waals surface area (Å²) in [4.78, 5) is 44.4. The van der Waals surface area contributed by atoms with Crippen molar-refractivity contribution in [2.75, 3.05) is 27.2 Å². The maximum Gasteiger partial charge on any atom is 0.326 e. The SMILES string of the molecule is C=C(NC1CC1)n1ncc(/C=C2\NC(=O)NC2=O)c1N=C(C)c1ccc(C(=O)NCCCN(C)C)s1. The lowest BCUT2D eigenvalue weighted by Crippen LogP contribution is -2.26. The summed E-state index contributed by atoms with van der Waals surface area (Å²) in [6, 6.07) is 3.43. The molecule has 4 amide bonds. The van der Waals surface area contributed by atoms with Crippen LogP contribution < -0.4 is 21.3 Å². The van der Waals surface area contributed by atoms with Crippen molar-refractivity contribution in [2.24, 2.45) is 4.99 Å². The summed E-state index contributed by atoms with van der Waals surface area (Å²) >= 11 is 1.35. The molecule has 0 unspecified atom stereocenters. The molecule has 36 heavy (non-hydrogen) atoms. The molecule has 1 aliphatic carbocycles. The quantitative estimate of drug-likeness (QED) is 0.158. The second-order valence-corrected chi connectivity index (χ2v) is 10.0. The normalized spacial score (nSPS) is 16.9. The molecule has 0 atom stereocenters. The topological polar surface area (TPSA) is 133 Å². The van der Waals surface area contributed by atoms with Crippen LogP contribution in [0.15, 0.2) is 35.6 Å². The Labute approximate surface area is 213 Å². The van der Waals surface area contributed by atoms with E-state index in [1.165, 1.54) is 17.4 Å². The van der Waals surface area contributed by atoms with Crippen molar-refractivity contribution in [1.82, 2.24) is 35.9 Å². The molecular formula is C24H30N8O3S. The van der Waals surface area contributed by atoms with E-state index < -0.39 is 11.9 Å². The molecule has 2 aliphatic rings. The van der Waals surface area contributed by atoms with Gasteiger partial charge in [-0.25, -0.2) is 9.79 Å². The number of nitrogens with zero attached hydrogens (tertiary/aromatic N) is 4. The van der Waals surface area contributed by atoms with Crippen LogP contribution in [-0.4, -0.2) is 71.5 Å². The molecule has 0 spiro atoms. The first-order valence-corrected chi connectivity index (χ1v) is 12.5. The molecule has 2 aromatic heterocycles. The van der Waals surface area contributed by atoms with Crippen LogP contribution in [0.5, 0.6) is 0 Å². The van der Waals surface area contributed by atoms with Gasteiger partial charge in [-0.3, -0.25) is 14.9 Å². The zero-order chi connectivity index (χ0) is 25.8. The molecule has 1 saturated heterocycles. The Morgan fingerprint density at radius 1 is 1.31 bits per heavy atom. The van der Waals surface area contributed by atoms with Gasteiger partial charge in [-0.2, -0.15) is 9.78 Å². The molecule has 4 N–H and O–H groups in total. The molecular weight excluding hydrogens is 480 g/mol. The predicted molar refractivity (Wildman–Crippen MR) is 140 cm³/mol. The third kappa shape index (κ3) is 6.26. The number of imide groups is 1. The first kappa shape index (κ1) is 25.3. The van der Waals surface area contributed by atoms with Gasteiger partial charge in [0.2, 0.25) is 0 Å². The minimum atomic E-state index is -0.578. The van der Waals surface area contributed by atoms with Crippen molar-refractivity contribution in [2.45, 2.75) is 32.2 Å². The minimum absolute atomic E-state index is 0.110. The van der Waals surface area contributed by atoms with E-state index in [4.69, 9.17) is 4.99 Å². The van der Waals surface area contributed by atoms with Gasteiger partial charge in [0.1, 0.15) is 11.5 Å². The number of aliphatic imine (C=N–C) groups is 1. The highest BCUT2D eigenvalue weighted by Gasteiger charge is 2.26. The lowest BCUT2D eigenvalue weighted by molar-refractivity contribution is -0.115. The third-order valence-corrected chi connectivity index (χ3v) is 6.72. The maximum atomic E-state index is 12.5. The molecule has 2 fully saturated rings. The number of amides is 4. The molecule has 4 rings (SSSR count). The van der Waals surface area contributed by atoms with E-state index in [0.29, 0.717) is 40.4 Å². The Morgan fingerprint density at radius 2 is 2.06 bits per heavy atom. The summed E-state index contributed by atoms with van der Waals surface area (Å²) in [5, 5.41) is 15.3. The Balaban J connectivity index is 1.57. The summed E-state index contributed by atoms with van der Waals surface area (Å²) in [5.41, 5.74) is 1.32. The number of carbonyl (C=O) groups excluding carboxylic acids is 3. The summed E-state index contributed by atoms with van der Waals surface area (Å²) < 4.78 is 1.58. The first-order valence-electron chi connectivity index (χ1n) is 11.7. The second-order valence-electron chi connectivity index (χ2n) is 8.94. The molecule has 12 heteroatoms. The summed E-state index contributed by atoms with van der Waals surface area (Å²) in [6.45, 7) is 7.44. The van der Waals surface area contributed by atoms with E-state index in [1.807, 2.05) is 27.1 Å². The van der Waals surface area contributed by atoms with Gasteiger partial charge in [-0.1, -0.05) is 6.58 Å². The van der Waals surface area contributed by atoms with Crippen molar-refractivity contribution < 1.29 is 14.4 Å². The van der Waals surface area contributed by atoms with Crippen LogP contribution in [-0.2, 0) is 4.79 Å². The average Bonchev–Trinajstić information content (AvgIpc) is 3.20. The molecule has 3 heterocycles. The van der Waals surface area contributed by atoms with E-state index in [0.717, 1.165) is 30.7 Å². The van der Waals surface area contributed by atoms with E-state index in [-0.39, 0.29) is 11.6 Å². The standard InChI is InChI=1S/C24H30N8O3S/c1-14(19-8-9-20(36-19)23(34)25-10-5-11-31(3)4)27-21-16(12-18-22(33)30-24(35)29-18)13-26-32(21)15(2)28-17-6-7-17/h8-9,12-13,17,28H,2,5-7,10-11H2,1,3-4H3,(H,25,34)(H2,29,30,33,35)/b18-12-,27-14?. The molecule has 11 nitrogen and oxygen atoms in total. The number of nitrogens with one attached hydrogen (secondary N) is 4. The second kappa shape index (κ2) is 10.9. The van der Waals surface area contributed by atoms with Gasteiger partial charge in [-0.15, -0.1) is 11.3 Å². The molecule has 0 aromatic carbocycles. The summed E-state index contributed by atoms with van der Waals surface area (Å²) in [6.07, 6.45) is 6.10. The highest BCUT2D eigenvalue weighted by atomic mass is 32.1. The molecule has 1 aliphatic heterocycles. The Morgan fingerprint density at radius 3 is 2.72 bits per heavy atom. The van der Waals surface area contributed by atoms with Crippen molar-refractivity contribution in [3.8, 4) is 0 Å². The fraction of sp³-hybridized carbons (Fsp3) is 0.375. The van der Waals surface area contributed by atoms with Crippen LogP contribution in [0.3, 0.4) is 0 Å². The molecule has 190 valence electrons. The van der Waals surface area contributed by atoms with Crippen LogP contribution in [0, 0.1) is 0 Å². The average molecular weight is 511 g/mol. The largest absolute Gasteiger partial charge is 0.368 e.